The monoisotopic (exact) mass is 459 g/mol. The number of aromatic amines is 1. The van der Waals surface area contributed by atoms with Crippen LogP contribution in [0.3, 0.4) is 0 Å². The number of hydrogen-bond acceptors (Lipinski definition) is 5. The Morgan fingerprint density at radius 3 is 2.50 bits per heavy atom. The van der Waals surface area contributed by atoms with Crippen LogP contribution < -0.4 is 10.9 Å². The quantitative estimate of drug-likeness (QED) is 0.405. The van der Waals surface area contributed by atoms with Crippen molar-refractivity contribution in [3.63, 3.8) is 0 Å². The van der Waals surface area contributed by atoms with Gasteiger partial charge in [0.25, 0.3) is 11.5 Å². The Hall–Kier alpha value is -4.86. The molecule has 8 nitrogen and oxygen atoms in total. The van der Waals surface area contributed by atoms with Crippen LogP contribution in [0.1, 0.15) is 10.4 Å². The zero-order valence-corrected chi connectivity index (χ0v) is 17.3. The molecule has 168 valence electrons. The van der Waals surface area contributed by atoms with Crippen molar-refractivity contribution in [1.82, 2.24) is 19.7 Å². The Morgan fingerprint density at radius 2 is 1.76 bits per heavy atom. The molecule has 5 aromatic rings. The molecule has 0 saturated carbocycles. The van der Waals surface area contributed by atoms with E-state index < -0.39 is 23.1 Å². The SMILES string of the molecule is O=C(Nc1cc(-c2ccco2)nn1-c1nc(-c2ccccc2)cc(=O)[nH]1)c1ccc(F)c(F)c1. The molecule has 1 amide bonds. The van der Waals surface area contributed by atoms with E-state index in [0.717, 1.165) is 18.2 Å². The van der Waals surface area contributed by atoms with Crippen LogP contribution in [-0.4, -0.2) is 25.7 Å². The van der Waals surface area contributed by atoms with Crippen molar-refractivity contribution in [2.24, 2.45) is 0 Å². The van der Waals surface area contributed by atoms with Gasteiger partial charge in [-0.3, -0.25) is 14.6 Å². The molecule has 0 aliphatic heterocycles. The van der Waals surface area contributed by atoms with E-state index in [4.69, 9.17) is 4.42 Å². The number of rotatable bonds is 5. The molecular weight excluding hydrogens is 444 g/mol. The van der Waals surface area contributed by atoms with Crippen LogP contribution in [-0.2, 0) is 0 Å². The second-order valence-corrected chi connectivity index (χ2v) is 7.21. The van der Waals surface area contributed by atoms with Gasteiger partial charge in [0, 0.05) is 23.3 Å². The first-order valence-electron chi connectivity index (χ1n) is 10.1. The minimum Gasteiger partial charge on any atom is -0.463 e. The van der Waals surface area contributed by atoms with Crippen LogP contribution >= 0.6 is 0 Å². The van der Waals surface area contributed by atoms with Crippen molar-refractivity contribution >= 4 is 11.7 Å². The second-order valence-electron chi connectivity index (χ2n) is 7.21. The molecule has 10 heteroatoms. The molecule has 5 rings (SSSR count). The molecule has 0 radical (unpaired) electrons. The lowest BCUT2D eigenvalue weighted by Crippen LogP contribution is -2.19. The molecule has 2 N–H and O–H groups in total. The zero-order valence-electron chi connectivity index (χ0n) is 17.3. The van der Waals surface area contributed by atoms with Gasteiger partial charge in [0.15, 0.2) is 17.4 Å². The predicted octanol–water partition coefficient (Wildman–Crippen LogP) is 4.41. The van der Waals surface area contributed by atoms with E-state index in [1.165, 1.54) is 23.1 Å². The number of carbonyl (C=O) groups is 1. The van der Waals surface area contributed by atoms with Crippen LogP contribution in [0, 0.1) is 11.6 Å². The van der Waals surface area contributed by atoms with Crippen molar-refractivity contribution in [3.05, 3.63) is 107 Å². The number of H-pyrrole nitrogens is 1. The lowest BCUT2D eigenvalue weighted by atomic mass is 10.1. The van der Waals surface area contributed by atoms with Gasteiger partial charge in [0.2, 0.25) is 5.95 Å². The van der Waals surface area contributed by atoms with Gasteiger partial charge in [0.05, 0.1) is 12.0 Å². The van der Waals surface area contributed by atoms with Crippen molar-refractivity contribution in [1.29, 1.82) is 0 Å². The summed E-state index contributed by atoms with van der Waals surface area (Å²) in [5, 5.41) is 7.02. The fourth-order valence-electron chi connectivity index (χ4n) is 3.30. The number of benzene rings is 2. The van der Waals surface area contributed by atoms with E-state index in [1.807, 2.05) is 18.2 Å². The molecule has 3 aromatic heterocycles. The van der Waals surface area contributed by atoms with Crippen molar-refractivity contribution in [3.8, 4) is 28.7 Å². The highest BCUT2D eigenvalue weighted by molar-refractivity contribution is 6.04. The third-order valence-electron chi connectivity index (χ3n) is 4.91. The fraction of sp³-hybridized carbons (Fsp3) is 0. The first-order valence-corrected chi connectivity index (χ1v) is 10.1. The number of nitrogens with zero attached hydrogens (tertiary/aromatic N) is 3. The highest BCUT2D eigenvalue weighted by Crippen LogP contribution is 2.25. The lowest BCUT2D eigenvalue weighted by molar-refractivity contribution is 0.102. The molecule has 3 heterocycles. The number of nitrogens with one attached hydrogen (secondary N) is 2. The summed E-state index contributed by atoms with van der Waals surface area (Å²) in [6, 6.07) is 18.1. The maximum Gasteiger partial charge on any atom is 0.256 e. The van der Waals surface area contributed by atoms with Crippen molar-refractivity contribution in [2.45, 2.75) is 0 Å². The second kappa shape index (κ2) is 8.58. The molecule has 2 aromatic carbocycles. The fourth-order valence-corrected chi connectivity index (χ4v) is 3.30. The average molecular weight is 459 g/mol. The van der Waals surface area contributed by atoms with Crippen molar-refractivity contribution < 1.29 is 18.0 Å². The number of amides is 1. The number of halogens is 2. The number of anilines is 1. The lowest BCUT2D eigenvalue weighted by Gasteiger charge is -2.09. The third-order valence-corrected chi connectivity index (χ3v) is 4.91. The summed E-state index contributed by atoms with van der Waals surface area (Å²) < 4.78 is 33.5. The van der Waals surface area contributed by atoms with E-state index in [-0.39, 0.29) is 17.3 Å². The molecular formula is C24H15F2N5O3. The average Bonchev–Trinajstić information content (AvgIpc) is 3.51. The molecule has 0 aliphatic carbocycles. The first kappa shape index (κ1) is 21.0. The van der Waals surface area contributed by atoms with Gasteiger partial charge in [-0.1, -0.05) is 30.3 Å². The highest BCUT2D eigenvalue weighted by atomic mass is 19.2. The number of furan rings is 1. The summed E-state index contributed by atoms with van der Waals surface area (Å²) >= 11 is 0. The van der Waals surface area contributed by atoms with Gasteiger partial charge >= 0.3 is 0 Å². The smallest absolute Gasteiger partial charge is 0.256 e. The Balaban J connectivity index is 1.59. The molecule has 0 aliphatic rings. The minimum absolute atomic E-state index is 0.0322. The van der Waals surface area contributed by atoms with Gasteiger partial charge in [-0.05, 0) is 30.3 Å². The Kier molecular flexibility index (Phi) is 5.30. The van der Waals surface area contributed by atoms with Crippen LogP contribution in [0.2, 0.25) is 0 Å². The summed E-state index contributed by atoms with van der Waals surface area (Å²) in [5.74, 6) is -2.38. The van der Waals surface area contributed by atoms with E-state index in [0.29, 0.717) is 22.7 Å². The topological polar surface area (TPSA) is 106 Å². The van der Waals surface area contributed by atoms with E-state index in [1.54, 1.807) is 24.3 Å². The normalized spacial score (nSPS) is 10.9. The van der Waals surface area contributed by atoms with Gasteiger partial charge in [-0.2, -0.15) is 9.78 Å². The summed E-state index contributed by atoms with van der Waals surface area (Å²) in [7, 11) is 0. The van der Waals surface area contributed by atoms with Crippen LogP contribution in [0.4, 0.5) is 14.6 Å². The molecule has 0 spiro atoms. The molecule has 0 fully saturated rings. The summed E-state index contributed by atoms with van der Waals surface area (Å²) in [5.41, 5.74) is 0.911. The van der Waals surface area contributed by atoms with Gasteiger partial charge in [-0.25, -0.2) is 13.8 Å². The molecule has 0 atom stereocenters. The highest BCUT2D eigenvalue weighted by Gasteiger charge is 2.19. The number of carbonyl (C=O) groups excluding carboxylic acids is 1. The predicted molar refractivity (Wildman–Crippen MR) is 119 cm³/mol. The van der Waals surface area contributed by atoms with Gasteiger partial charge < -0.3 is 9.73 Å². The zero-order chi connectivity index (χ0) is 23.7. The van der Waals surface area contributed by atoms with Gasteiger partial charge in [0.1, 0.15) is 11.5 Å². The molecule has 0 unspecified atom stereocenters. The molecule has 34 heavy (non-hydrogen) atoms. The molecule has 0 bridgehead atoms. The summed E-state index contributed by atoms with van der Waals surface area (Å²) in [4.78, 5) is 32.2. The third kappa shape index (κ3) is 4.11. The Bertz CT molecular complexity index is 1540. The van der Waals surface area contributed by atoms with Crippen LogP contribution in [0.15, 0.2) is 88.3 Å². The first-order chi connectivity index (χ1) is 16.5. The Labute approximate surface area is 190 Å². The van der Waals surface area contributed by atoms with Crippen LogP contribution in [0.25, 0.3) is 28.7 Å². The maximum atomic E-state index is 13.6. The number of aromatic nitrogens is 4. The summed E-state index contributed by atoms with van der Waals surface area (Å²) in [6.07, 6.45) is 1.46. The van der Waals surface area contributed by atoms with Gasteiger partial charge in [-0.15, -0.1) is 0 Å². The molecule has 0 saturated heterocycles. The van der Waals surface area contributed by atoms with E-state index in [9.17, 15) is 18.4 Å². The van der Waals surface area contributed by atoms with E-state index >= 15 is 0 Å². The largest absolute Gasteiger partial charge is 0.463 e. The maximum absolute atomic E-state index is 13.6. The standard InChI is InChI=1S/C24H15F2N5O3/c25-16-9-8-15(11-17(16)26)23(33)28-21-12-19(20-7-4-10-34-20)30-31(21)24-27-18(13-22(32)29-24)14-5-2-1-3-6-14/h1-13H,(H,28,33)(H,27,29,32). The van der Waals surface area contributed by atoms with Crippen molar-refractivity contribution in [2.75, 3.05) is 5.32 Å². The van der Waals surface area contributed by atoms with Crippen LogP contribution in [0.5, 0.6) is 0 Å². The minimum atomic E-state index is -1.15. The summed E-state index contributed by atoms with van der Waals surface area (Å²) in [6.45, 7) is 0. The number of hydrogen-bond donors (Lipinski definition) is 2. The van der Waals surface area contributed by atoms with E-state index in [2.05, 4.69) is 20.4 Å². The Morgan fingerprint density at radius 1 is 0.941 bits per heavy atom.